The zero-order valence-electron chi connectivity index (χ0n) is 18.3. The molecular formula is C22H33N5O4. The monoisotopic (exact) mass is 431 g/mol. The second kappa shape index (κ2) is 16.4. The van der Waals surface area contributed by atoms with Crippen LogP contribution in [-0.2, 0) is 27.4 Å². The Morgan fingerprint density at radius 1 is 0.935 bits per heavy atom. The van der Waals surface area contributed by atoms with Crippen molar-refractivity contribution in [3.8, 4) is 5.75 Å². The first-order valence-electron chi connectivity index (χ1n) is 9.69. The van der Waals surface area contributed by atoms with Crippen molar-refractivity contribution >= 4 is 17.7 Å². The van der Waals surface area contributed by atoms with E-state index in [0.29, 0.717) is 17.9 Å². The predicted molar refractivity (Wildman–Crippen MR) is 121 cm³/mol. The minimum absolute atomic E-state index is 0.0111. The molecule has 0 saturated heterocycles. The van der Waals surface area contributed by atoms with E-state index in [2.05, 4.69) is 22.1 Å². The second-order valence-corrected chi connectivity index (χ2v) is 5.96. The minimum atomic E-state index is -1.00. The van der Waals surface area contributed by atoms with E-state index in [-0.39, 0.29) is 12.8 Å². The maximum Gasteiger partial charge on any atom is 0.242 e. The molecule has 8 N–H and O–H groups in total. The molecule has 0 heterocycles. The van der Waals surface area contributed by atoms with Gasteiger partial charge in [0.1, 0.15) is 18.4 Å². The third kappa shape index (κ3) is 10.8. The predicted octanol–water partition coefficient (Wildman–Crippen LogP) is 0.0641. The molecule has 31 heavy (non-hydrogen) atoms. The summed E-state index contributed by atoms with van der Waals surface area (Å²) in [6.07, 6.45) is -0.255. The highest BCUT2D eigenvalue weighted by Crippen LogP contribution is 2.20. The molecule has 170 valence electrons. The molecule has 0 aromatic heterocycles. The molecule has 0 fully saturated rings. The standard InChI is InChI=1S/C20H23N3O4.2CH5N/c1-22-20(26)16(12-18(21)24)23-19(25)11-15-9-5-6-10-17(15)27-13-14-7-3-2-4-8-14;2*1-2/h2-10,16H,11-13H2,1H3,(H2,21,24)(H,22,26)(H,23,25);2*2H2,1H3/t16-;;/m0../s1. The van der Waals surface area contributed by atoms with Crippen molar-refractivity contribution in [1.29, 1.82) is 0 Å². The summed E-state index contributed by atoms with van der Waals surface area (Å²) in [5, 5.41) is 4.94. The van der Waals surface area contributed by atoms with E-state index >= 15 is 0 Å². The number of nitrogens with one attached hydrogen (secondary N) is 2. The Labute approximate surface area is 183 Å². The fraction of sp³-hybridized carbons (Fsp3) is 0.318. The van der Waals surface area contributed by atoms with Crippen LogP contribution in [0.1, 0.15) is 17.5 Å². The SMILES string of the molecule is CN.CN.CNC(=O)[C@H](CC(N)=O)NC(=O)Cc1ccccc1OCc1ccccc1. The molecule has 0 unspecified atom stereocenters. The highest BCUT2D eigenvalue weighted by Gasteiger charge is 2.22. The van der Waals surface area contributed by atoms with E-state index < -0.39 is 23.8 Å². The largest absolute Gasteiger partial charge is 0.489 e. The molecule has 9 nitrogen and oxygen atoms in total. The third-order valence-corrected chi connectivity index (χ3v) is 3.86. The zero-order valence-corrected chi connectivity index (χ0v) is 18.3. The van der Waals surface area contributed by atoms with E-state index in [9.17, 15) is 14.4 Å². The number of carbonyl (C=O) groups is 3. The Bertz CT molecular complexity index is 799. The number of hydrogen-bond acceptors (Lipinski definition) is 6. The van der Waals surface area contributed by atoms with Gasteiger partial charge in [0.05, 0.1) is 12.8 Å². The molecular weight excluding hydrogens is 398 g/mol. The molecule has 9 heteroatoms. The summed E-state index contributed by atoms with van der Waals surface area (Å²) in [6, 6.07) is 15.9. The van der Waals surface area contributed by atoms with Gasteiger partial charge >= 0.3 is 0 Å². The summed E-state index contributed by atoms with van der Waals surface area (Å²) in [6.45, 7) is 0.377. The van der Waals surface area contributed by atoms with E-state index in [0.717, 1.165) is 5.56 Å². The van der Waals surface area contributed by atoms with Crippen molar-refractivity contribution in [3.63, 3.8) is 0 Å². The van der Waals surface area contributed by atoms with Gasteiger partial charge in [0.2, 0.25) is 17.7 Å². The molecule has 1 atom stereocenters. The van der Waals surface area contributed by atoms with Gasteiger partial charge in [-0.2, -0.15) is 0 Å². The number of primary amides is 1. The maximum atomic E-state index is 12.4. The summed E-state index contributed by atoms with van der Waals surface area (Å²) < 4.78 is 5.83. The van der Waals surface area contributed by atoms with E-state index in [4.69, 9.17) is 10.5 Å². The van der Waals surface area contributed by atoms with Crippen molar-refractivity contribution in [3.05, 3.63) is 65.7 Å². The Balaban J connectivity index is 0.00000212. The number of amides is 3. The molecule has 0 bridgehead atoms. The smallest absolute Gasteiger partial charge is 0.242 e. The van der Waals surface area contributed by atoms with Crippen molar-refractivity contribution in [2.45, 2.75) is 25.5 Å². The first kappa shape index (κ1) is 27.6. The first-order chi connectivity index (χ1) is 15.0. The molecule has 2 rings (SSSR count). The van der Waals surface area contributed by atoms with Gasteiger partial charge in [-0.25, -0.2) is 0 Å². The molecule has 0 spiro atoms. The second-order valence-electron chi connectivity index (χ2n) is 5.96. The van der Waals surface area contributed by atoms with Crippen LogP contribution in [0.15, 0.2) is 54.6 Å². The molecule has 2 aromatic rings. The summed E-state index contributed by atoms with van der Waals surface area (Å²) in [5.74, 6) is -0.963. The lowest BCUT2D eigenvalue weighted by Gasteiger charge is -2.17. The Hall–Kier alpha value is -3.43. The molecule has 2 aromatic carbocycles. The summed E-state index contributed by atoms with van der Waals surface area (Å²) in [5.41, 5.74) is 15.8. The van der Waals surface area contributed by atoms with Gasteiger partial charge < -0.3 is 32.6 Å². The number of ether oxygens (including phenoxy) is 1. The first-order valence-corrected chi connectivity index (χ1v) is 9.69. The molecule has 0 aliphatic carbocycles. The minimum Gasteiger partial charge on any atom is -0.489 e. The fourth-order valence-electron chi connectivity index (χ4n) is 2.53. The zero-order chi connectivity index (χ0) is 23.6. The van der Waals surface area contributed by atoms with Gasteiger partial charge in [-0.15, -0.1) is 0 Å². The quantitative estimate of drug-likeness (QED) is 0.377. The van der Waals surface area contributed by atoms with Crippen LogP contribution < -0.4 is 32.6 Å². The van der Waals surface area contributed by atoms with Gasteiger partial charge in [-0.3, -0.25) is 14.4 Å². The highest BCUT2D eigenvalue weighted by atomic mass is 16.5. The number of rotatable bonds is 9. The molecule has 0 radical (unpaired) electrons. The summed E-state index contributed by atoms with van der Waals surface area (Å²) >= 11 is 0. The number of carbonyl (C=O) groups excluding carboxylic acids is 3. The van der Waals surface area contributed by atoms with Crippen molar-refractivity contribution in [2.24, 2.45) is 17.2 Å². The van der Waals surface area contributed by atoms with Crippen molar-refractivity contribution in [2.75, 3.05) is 21.1 Å². The lowest BCUT2D eigenvalue weighted by molar-refractivity contribution is -0.130. The Morgan fingerprint density at radius 3 is 2.10 bits per heavy atom. The van der Waals surface area contributed by atoms with Gasteiger partial charge in [0.15, 0.2) is 0 Å². The number of benzene rings is 2. The maximum absolute atomic E-state index is 12.4. The number of para-hydroxylation sites is 1. The van der Waals surface area contributed by atoms with Crippen LogP contribution in [-0.4, -0.2) is 44.9 Å². The highest BCUT2D eigenvalue weighted by molar-refractivity contribution is 5.92. The van der Waals surface area contributed by atoms with Gasteiger partial charge in [0, 0.05) is 12.6 Å². The molecule has 0 aliphatic rings. The van der Waals surface area contributed by atoms with Crippen LogP contribution in [0.4, 0.5) is 0 Å². The fourth-order valence-corrected chi connectivity index (χ4v) is 2.53. The Kier molecular flexibility index (Phi) is 14.6. The van der Waals surface area contributed by atoms with E-state index in [1.165, 1.54) is 21.1 Å². The van der Waals surface area contributed by atoms with Gasteiger partial charge in [0.25, 0.3) is 0 Å². The van der Waals surface area contributed by atoms with Crippen LogP contribution in [0.3, 0.4) is 0 Å². The van der Waals surface area contributed by atoms with Gasteiger partial charge in [-0.1, -0.05) is 48.5 Å². The van der Waals surface area contributed by atoms with E-state index in [1.807, 2.05) is 36.4 Å². The van der Waals surface area contributed by atoms with E-state index in [1.54, 1.807) is 18.2 Å². The molecule has 0 saturated carbocycles. The normalized spacial score (nSPS) is 10.2. The third-order valence-electron chi connectivity index (χ3n) is 3.86. The number of likely N-dealkylation sites (N-methyl/N-ethyl adjacent to an activating group) is 1. The van der Waals surface area contributed by atoms with Crippen LogP contribution in [0.5, 0.6) is 5.75 Å². The number of hydrogen-bond donors (Lipinski definition) is 5. The summed E-state index contributed by atoms with van der Waals surface area (Å²) in [4.78, 5) is 35.3. The Morgan fingerprint density at radius 2 is 1.52 bits per heavy atom. The van der Waals surface area contributed by atoms with Crippen molar-refractivity contribution in [1.82, 2.24) is 10.6 Å². The van der Waals surface area contributed by atoms with Crippen LogP contribution in [0, 0.1) is 0 Å². The van der Waals surface area contributed by atoms with Crippen molar-refractivity contribution < 1.29 is 19.1 Å². The number of nitrogens with two attached hydrogens (primary N) is 3. The average molecular weight is 432 g/mol. The lowest BCUT2D eigenvalue weighted by Crippen LogP contribution is -2.48. The van der Waals surface area contributed by atoms with Crippen LogP contribution in [0.25, 0.3) is 0 Å². The lowest BCUT2D eigenvalue weighted by atomic mass is 10.1. The van der Waals surface area contributed by atoms with Crippen LogP contribution in [0.2, 0.25) is 0 Å². The van der Waals surface area contributed by atoms with Crippen LogP contribution >= 0.6 is 0 Å². The molecule has 3 amide bonds. The average Bonchev–Trinajstić information content (AvgIpc) is 2.80. The van der Waals surface area contributed by atoms with Gasteiger partial charge in [-0.05, 0) is 25.7 Å². The molecule has 0 aliphatic heterocycles. The summed E-state index contributed by atoms with van der Waals surface area (Å²) in [7, 11) is 4.43. The topological polar surface area (TPSA) is 163 Å².